The molecule has 34 heavy (non-hydrogen) atoms. The maximum Gasteiger partial charge on any atom is 0.302 e. The minimum absolute atomic E-state index is 0.0258. The number of aliphatic hydroxyl groups excluding tert-OH is 1. The van der Waals surface area contributed by atoms with Crippen LogP contribution in [0.5, 0.6) is 0 Å². The first-order valence-electron chi connectivity index (χ1n) is 12.7. The van der Waals surface area contributed by atoms with Crippen LogP contribution in [0, 0.1) is 34.5 Å². The zero-order valence-corrected chi connectivity index (χ0v) is 20.9. The SMILES string of the molecule is CC(=O)OCC1CC(OC(C)=O)CCC1(C)C1CCC2(C)C(CCC2(O)c2ccco2)C1CO. The summed E-state index contributed by atoms with van der Waals surface area (Å²) in [4.78, 5) is 23.2. The Kier molecular flexibility index (Phi) is 6.91. The molecule has 0 aliphatic heterocycles. The predicted octanol–water partition coefficient (Wildman–Crippen LogP) is 4.20. The molecule has 0 spiro atoms. The normalized spacial score (nSPS) is 42.1. The first-order chi connectivity index (χ1) is 16.0. The highest BCUT2D eigenvalue weighted by atomic mass is 16.5. The second kappa shape index (κ2) is 9.30. The lowest BCUT2D eigenvalue weighted by atomic mass is 9.48. The summed E-state index contributed by atoms with van der Waals surface area (Å²) in [6.07, 6.45) is 6.83. The van der Waals surface area contributed by atoms with Gasteiger partial charge in [0.25, 0.3) is 0 Å². The monoisotopic (exact) mass is 476 g/mol. The minimum Gasteiger partial charge on any atom is -0.466 e. The number of fused-ring (bicyclic) bond motifs is 1. The van der Waals surface area contributed by atoms with Crippen LogP contribution in [0.25, 0.3) is 0 Å². The molecule has 7 heteroatoms. The number of hydrogen-bond acceptors (Lipinski definition) is 7. The fourth-order valence-electron chi connectivity index (χ4n) is 7.98. The average Bonchev–Trinajstić information content (AvgIpc) is 3.41. The van der Waals surface area contributed by atoms with E-state index in [1.165, 1.54) is 13.8 Å². The van der Waals surface area contributed by atoms with Gasteiger partial charge < -0.3 is 24.1 Å². The highest BCUT2D eigenvalue weighted by Crippen LogP contribution is 2.67. The molecule has 0 radical (unpaired) electrons. The molecule has 0 amide bonds. The Bertz CT molecular complexity index is 882. The van der Waals surface area contributed by atoms with E-state index in [1.807, 2.05) is 12.1 Å². The van der Waals surface area contributed by atoms with Crippen molar-refractivity contribution in [1.82, 2.24) is 0 Å². The standard InChI is InChI=1S/C27H40O7/c1-17(29)33-16-19-14-20(34-18(2)30)7-10-25(19,3)22-8-11-26(4)23(21(22)15-28)9-12-27(26,31)24-6-5-13-32-24/h5-6,13,19-23,28,31H,7-12,14-16H2,1-4H3. The second-order valence-electron chi connectivity index (χ2n) is 11.4. The summed E-state index contributed by atoms with van der Waals surface area (Å²) >= 11 is 0. The summed E-state index contributed by atoms with van der Waals surface area (Å²) < 4.78 is 16.7. The third-order valence-electron chi connectivity index (χ3n) is 9.88. The minimum atomic E-state index is -1.04. The first-order valence-corrected chi connectivity index (χ1v) is 12.7. The van der Waals surface area contributed by atoms with Crippen LogP contribution in [0.2, 0.25) is 0 Å². The van der Waals surface area contributed by atoms with Crippen molar-refractivity contribution in [3.05, 3.63) is 24.2 Å². The number of rotatable bonds is 6. The van der Waals surface area contributed by atoms with E-state index in [4.69, 9.17) is 13.9 Å². The number of carbonyl (C=O) groups excluding carboxylic acids is 2. The fraction of sp³-hybridized carbons (Fsp3) is 0.778. The van der Waals surface area contributed by atoms with Gasteiger partial charge in [0.1, 0.15) is 17.5 Å². The van der Waals surface area contributed by atoms with Crippen LogP contribution in [0.1, 0.15) is 78.4 Å². The molecule has 1 aromatic rings. The molecule has 0 saturated heterocycles. The van der Waals surface area contributed by atoms with Gasteiger partial charge in [-0.25, -0.2) is 0 Å². The van der Waals surface area contributed by atoms with Gasteiger partial charge in [0.2, 0.25) is 0 Å². The molecule has 190 valence electrons. The zero-order valence-electron chi connectivity index (χ0n) is 20.9. The molecule has 0 bridgehead atoms. The van der Waals surface area contributed by atoms with Gasteiger partial charge in [-0.15, -0.1) is 0 Å². The Hall–Kier alpha value is -1.86. The smallest absolute Gasteiger partial charge is 0.302 e. The molecule has 3 fully saturated rings. The fourth-order valence-corrected chi connectivity index (χ4v) is 7.98. The van der Waals surface area contributed by atoms with E-state index in [0.717, 1.165) is 32.1 Å². The maximum absolute atomic E-state index is 11.8. The van der Waals surface area contributed by atoms with Crippen LogP contribution in [0.3, 0.4) is 0 Å². The molecular weight excluding hydrogens is 436 g/mol. The number of ether oxygens (including phenoxy) is 2. The predicted molar refractivity (Wildman–Crippen MR) is 124 cm³/mol. The van der Waals surface area contributed by atoms with Crippen molar-refractivity contribution in [2.24, 2.45) is 34.5 Å². The van der Waals surface area contributed by atoms with Crippen LogP contribution in [-0.2, 0) is 24.7 Å². The second-order valence-corrected chi connectivity index (χ2v) is 11.4. The van der Waals surface area contributed by atoms with Gasteiger partial charge >= 0.3 is 11.9 Å². The lowest BCUT2D eigenvalue weighted by Crippen LogP contribution is -2.55. The van der Waals surface area contributed by atoms with Crippen molar-refractivity contribution in [3.63, 3.8) is 0 Å². The van der Waals surface area contributed by atoms with Gasteiger partial charge in [0.05, 0.1) is 12.9 Å². The summed E-state index contributed by atoms with van der Waals surface area (Å²) in [5.74, 6) is 0.447. The molecule has 4 rings (SSSR count). The number of furan rings is 1. The Morgan fingerprint density at radius 2 is 1.82 bits per heavy atom. The number of hydrogen-bond donors (Lipinski definition) is 2. The largest absolute Gasteiger partial charge is 0.466 e. The van der Waals surface area contributed by atoms with Gasteiger partial charge in [-0.05, 0) is 80.2 Å². The average molecular weight is 477 g/mol. The number of carbonyl (C=O) groups is 2. The van der Waals surface area contributed by atoms with E-state index in [2.05, 4.69) is 13.8 Å². The van der Waals surface area contributed by atoms with Gasteiger partial charge in [-0.1, -0.05) is 13.8 Å². The molecule has 7 nitrogen and oxygen atoms in total. The van der Waals surface area contributed by atoms with Crippen LogP contribution in [-0.4, -0.2) is 41.5 Å². The first kappa shape index (κ1) is 25.2. The molecular formula is C27H40O7. The molecule has 0 aromatic carbocycles. The van der Waals surface area contributed by atoms with Crippen molar-refractivity contribution in [2.75, 3.05) is 13.2 Å². The van der Waals surface area contributed by atoms with Crippen LogP contribution < -0.4 is 0 Å². The van der Waals surface area contributed by atoms with E-state index >= 15 is 0 Å². The molecule has 2 N–H and O–H groups in total. The lowest BCUT2D eigenvalue weighted by molar-refractivity contribution is -0.172. The third kappa shape index (κ3) is 4.09. The molecule has 3 aliphatic carbocycles. The highest BCUT2D eigenvalue weighted by molar-refractivity contribution is 5.66. The summed E-state index contributed by atoms with van der Waals surface area (Å²) in [5, 5.41) is 22.5. The summed E-state index contributed by atoms with van der Waals surface area (Å²) in [6, 6.07) is 3.68. The van der Waals surface area contributed by atoms with E-state index in [1.54, 1.807) is 6.26 Å². The van der Waals surface area contributed by atoms with E-state index in [-0.39, 0.29) is 65.8 Å². The summed E-state index contributed by atoms with van der Waals surface area (Å²) in [5.41, 5.74) is -1.60. The van der Waals surface area contributed by atoms with Gasteiger partial charge in [-0.2, -0.15) is 0 Å². The number of aliphatic hydroxyl groups is 2. The molecule has 8 atom stereocenters. The Morgan fingerprint density at radius 3 is 2.44 bits per heavy atom. The summed E-state index contributed by atoms with van der Waals surface area (Å²) in [6.45, 7) is 7.61. The zero-order chi connectivity index (χ0) is 24.7. The molecule has 3 saturated carbocycles. The summed E-state index contributed by atoms with van der Waals surface area (Å²) in [7, 11) is 0. The van der Waals surface area contributed by atoms with Crippen LogP contribution in [0.15, 0.2) is 22.8 Å². The highest BCUT2D eigenvalue weighted by Gasteiger charge is 2.65. The third-order valence-corrected chi connectivity index (χ3v) is 9.88. The van der Waals surface area contributed by atoms with E-state index < -0.39 is 5.60 Å². The van der Waals surface area contributed by atoms with Gasteiger partial charge in [0, 0.05) is 31.8 Å². The topological polar surface area (TPSA) is 106 Å². The molecule has 1 aromatic heterocycles. The molecule has 1 heterocycles. The van der Waals surface area contributed by atoms with Gasteiger partial charge in [-0.3, -0.25) is 9.59 Å². The van der Waals surface area contributed by atoms with E-state index in [0.29, 0.717) is 18.6 Å². The van der Waals surface area contributed by atoms with Crippen molar-refractivity contribution >= 4 is 11.9 Å². The van der Waals surface area contributed by atoms with Crippen molar-refractivity contribution < 1.29 is 33.7 Å². The van der Waals surface area contributed by atoms with Crippen LogP contribution in [0.4, 0.5) is 0 Å². The van der Waals surface area contributed by atoms with Gasteiger partial charge in [0.15, 0.2) is 0 Å². The quantitative estimate of drug-likeness (QED) is 0.593. The molecule has 8 unspecified atom stereocenters. The number of esters is 2. The Balaban J connectivity index is 1.61. The maximum atomic E-state index is 11.8. The Labute approximate surface area is 202 Å². The molecule has 3 aliphatic rings. The Morgan fingerprint density at radius 1 is 1.09 bits per heavy atom. The van der Waals surface area contributed by atoms with E-state index in [9.17, 15) is 19.8 Å². The van der Waals surface area contributed by atoms with Crippen molar-refractivity contribution in [1.29, 1.82) is 0 Å². The van der Waals surface area contributed by atoms with Crippen LogP contribution >= 0.6 is 0 Å². The lowest BCUT2D eigenvalue weighted by Gasteiger charge is -2.57. The van der Waals surface area contributed by atoms with Crippen molar-refractivity contribution in [3.8, 4) is 0 Å². The van der Waals surface area contributed by atoms with Crippen molar-refractivity contribution in [2.45, 2.75) is 84.3 Å².